The number of rotatable bonds is 7. The largest absolute Gasteiger partial charge is 0.416 e. The van der Waals surface area contributed by atoms with E-state index in [4.69, 9.17) is 0 Å². The van der Waals surface area contributed by atoms with Crippen LogP contribution in [0.3, 0.4) is 0 Å². The van der Waals surface area contributed by atoms with Crippen molar-refractivity contribution in [2.75, 3.05) is 13.1 Å². The highest BCUT2D eigenvalue weighted by Crippen LogP contribution is 2.43. The van der Waals surface area contributed by atoms with Gasteiger partial charge in [0.1, 0.15) is 24.0 Å². The number of halogens is 5. The number of piperidine rings is 1. The molecule has 1 aliphatic heterocycles. The summed E-state index contributed by atoms with van der Waals surface area (Å²) in [4.78, 5) is 39.7. The molecule has 1 saturated heterocycles. The fraction of sp³-hybridized carbons (Fsp3) is 0.444. The van der Waals surface area contributed by atoms with E-state index in [1.807, 2.05) is 6.92 Å². The predicted molar refractivity (Wildman–Crippen MR) is 127 cm³/mol. The van der Waals surface area contributed by atoms with Crippen LogP contribution >= 0.6 is 0 Å². The molecule has 0 spiro atoms. The number of benzene rings is 2. The molecular weight excluding hydrogens is 495 g/mol. The number of carbonyl (C=O) groups excluding carboxylic acids is 3. The molecule has 2 amide bonds. The van der Waals surface area contributed by atoms with E-state index in [9.17, 15) is 36.3 Å². The molecule has 0 radical (unpaired) electrons. The molecule has 37 heavy (non-hydrogen) atoms. The second-order valence-corrected chi connectivity index (χ2v) is 9.84. The monoisotopic (exact) mass is 524 g/mol. The van der Waals surface area contributed by atoms with Crippen molar-refractivity contribution in [1.29, 1.82) is 0 Å². The summed E-state index contributed by atoms with van der Waals surface area (Å²) in [6.45, 7) is 5.60. The minimum atomic E-state index is -4.76. The molecule has 2 aromatic carbocycles. The molecule has 10 heteroatoms. The number of nitrogens with one attached hydrogen (secondary N) is 1. The molecule has 5 nitrogen and oxygen atoms in total. The number of aldehydes is 1. The minimum Gasteiger partial charge on any atom is -0.341 e. The van der Waals surface area contributed by atoms with Crippen LogP contribution in [0.1, 0.15) is 61.0 Å². The highest BCUT2D eigenvalue weighted by Gasteiger charge is 2.42. The molecule has 1 unspecified atom stereocenters. The maximum absolute atomic E-state index is 14.2. The summed E-state index contributed by atoms with van der Waals surface area (Å²) in [7, 11) is 0. The highest BCUT2D eigenvalue weighted by atomic mass is 19.4. The third-order valence-electron chi connectivity index (χ3n) is 7.23. The summed E-state index contributed by atoms with van der Waals surface area (Å²) in [6, 6.07) is 6.31. The Balaban J connectivity index is 1.73. The molecule has 0 saturated carbocycles. The van der Waals surface area contributed by atoms with Gasteiger partial charge in [-0.3, -0.25) is 9.59 Å². The zero-order valence-electron chi connectivity index (χ0n) is 20.7. The van der Waals surface area contributed by atoms with Gasteiger partial charge in [0.2, 0.25) is 5.91 Å². The van der Waals surface area contributed by atoms with Gasteiger partial charge in [-0.2, -0.15) is 13.2 Å². The first-order valence-corrected chi connectivity index (χ1v) is 12.0. The predicted octanol–water partition coefficient (Wildman–Crippen LogP) is 5.35. The van der Waals surface area contributed by atoms with E-state index in [1.54, 1.807) is 26.0 Å². The Labute approximate surface area is 212 Å². The van der Waals surface area contributed by atoms with Crippen molar-refractivity contribution in [3.8, 4) is 0 Å². The maximum atomic E-state index is 14.2. The summed E-state index contributed by atoms with van der Waals surface area (Å²) < 4.78 is 66.7. The van der Waals surface area contributed by atoms with Crippen LogP contribution in [-0.2, 0) is 15.8 Å². The van der Waals surface area contributed by atoms with Crippen molar-refractivity contribution in [3.63, 3.8) is 0 Å². The zero-order chi connectivity index (χ0) is 27.5. The Bertz CT molecular complexity index is 1140. The number of hydrogen-bond acceptors (Lipinski definition) is 3. The van der Waals surface area contributed by atoms with Gasteiger partial charge in [-0.15, -0.1) is 0 Å². The molecule has 2 aromatic rings. The summed E-state index contributed by atoms with van der Waals surface area (Å²) in [5, 5.41) is 2.40. The van der Waals surface area contributed by atoms with Gasteiger partial charge in [0, 0.05) is 18.5 Å². The highest BCUT2D eigenvalue weighted by molar-refractivity contribution is 5.98. The van der Waals surface area contributed by atoms with Gasteiger partial charge in [-0.25, -0.2) is 8.78 Å². The SMILES string of the molecule is CC(C)[C@@H](NC(=O)c1cc(C(F)(F)F)ccc1F)C(=O)N1CCC(C=O)(C(C)c2ccc(F)cc2)CC1. The zero-order valence-corrected chi connectivity index (χ0v) is 20.7. The lowest BCUT2D eigenvalue weighted by Gasteiger charge is -2.43. The van der Waals surface area contributed by atoms with Crippen molar-refractivity contribution in [1.82, 2.24) is 10.2 Å². The summed E-state index contributed by atoms with van der Waals surface area (Å²) in [6.07, 6.45) is -3.22. The minimum absolute atomic E-state index is 0.208. The summed E-state index contributed by atoms with van der Waals surface area (Å²) >= 11 is 0. The topological polar surface area (TPSA) is 66.5 Å². The van der Waals surface area contributed by atoms with Crippen LogP contribution in [0.25, 0.3) is 0 Å². The van der Waals surface area contributed by atoms with E-state index in [0.29, 0.717) is 31.0 Å². The van der Waals surface area contributed by atoms with Gasteiger partial charge in [-0.05, 0) is 60.6 Å². The van der Waals surface area contributed by atoms with Crippen LogP contribution in [0.4, 0.5) is 22.0 Å². The number of hydrogen-bond donors (Lipinski definition) is 1. The van der Waals surface area contributed by atoms with Crippen molar-refractivity contribution in [2.24, 2.45) is 11.3 Å². The lowest BCUT2D eigenvalue weighted by molar-refractivity contribution is -0.139. The Morgan fingerprint density at radius 3 is 2.11 bits per heavy atom. The second kappa shape index (κ2) is 11.0. The normalized spacial score (nSPS) is 17.3. The van der Waals surface area contributed by atoms with Gasteiger partial charge in [-0.1, -0.05) is 32.9 Å². The van der Waals surface area contributed by atoms with E-state index in [1.165, 1.54) is 17.0 Å². The van der Waals surface area contributed by atoms with Crippen molar-refractivity contribution >= 4 is 18.1 Å². The van der Waals surface area contributed by atoms with Gasteiger partial charge in [0.15, 0.2) is 0 Å². The lowest BCUT2D eigenvalue weighted by atomic mass is 9.68. The average molecular weight is 525 g/mol. The molecule has 2 atom stereocenters. The Morgan fingerprint density at radius 2 is 1.59 bits per heavy atom. The van der Waals surface area contributed by atoms with Gasteiger partial charge >= 0.3 is 6.18 Å². The van der Waals surface area contributed by atoms with Crippen LogP contribution in [0.5, 0.6) is 0 Å². The fourth-order valence-electron chi connectivity index (χ4n) is 4.68. The standard InChI is InChI=1S/C27H29F5N2O3/c1-16(2)23(33-24(36)21-14-19(27(30,31)32)6-9-22(21)29)25(37)34-12-10-26(15-35,11-13-34)17(3)18-4-7-20(28)8-5-18/h4-9,14-17,23H,10-13H2,1-3H3,(H,33,36)/t17?,23-/m1/s1. The number of amides is 2. The molecule has 1 fully saturated rings. The van der Waals surface area contributed by atoms with Crippen molar-refractivity contribution < 1.29 is 36.3 Å². The quantitative estimate of drug-likeness (QED) is 0.392. The summed E-state index contributed by atoms with van der Waals surface area (Å²) in [5.41, 5.74) is -1.96. The third kappa shape index (κ3) is 6.17. The second-order valence-electron chi connectivity index (χ2n) is 9.84. The number of alkyl halides is 3. The molecule has 3 rings (SSSR count). The Kier molecular flexibility index (Phi) is 8.39. The maximum Gasteiger partial charge on any atom is 0.416 e. The number of nitrogens with zero attached hydrogens (tertiary/aromatic N) is 1. The smallest absolute Gasteiger partial charge is 0.341 e. The molecular formula is C27H29F5N2O3. The number of carbonyl (C=O) groups is 3. The molecule has 0 aliphatic carbocycles. The first-order chi connectivity index (χ1) is 17.3. The van der Waals surface area contributed by atoms with E-state index in [-0.39, 0.29) is 24.8 Å². The summed E-state index contributed by atoms with van der Waals surface area (Å²) in [5.74, 6) is -3.79. The van der Waals surface area contributed by atoms with Gasteiger partial charge < -0.3 is 15.0 Å². The fourth-order valence-corrected chi connectivity index (χ4v) is 4.68. The first-order valence-electron chi connectivity index (χ1n) is 12.0. The van der Waals surface area contributed by atoms with Gasteiger partial charge in [0.05, 0.1) is 11.1 Å². The van der Waals surface area contributed by atoms with Crippen LogP contribution < -0.4 is 5.32 Å². The van der Waals surface area contributed by atoms with E-state index < -0.39 is 52.3 Å². The van der Waals surface area contributed by atoms with Crippen molar-refractivity contribution in [2.45, 2.75) is 51.7 Å². The third-order valence-corrected chi connectivity index (χ3v) is 7.23. The Morgan fingerprint density at radius 1 is 1.00 bits per heavy atom. The van der Waals surface area contributed by atoms with Crippen LogP contribution in [-0.4, -0.2) is 42.1 Å². The van der Waals surface area contributed by atoms with Crippen molar-refractivity contribution in [3.05, 3.63) is 70.8 Å². The lowest BCUT2D eigenvalue weighted by Crippen LogP contribution is -2.54. The molecule has 0 aromatic heterocycles. The van der Waals surface area contributed by atoms with E-state index in [2.05, 4.69) is 5.32 Å². The van der Waals surface area contributed by atoms with Crippen LogP contribution in [0, 0.1) is 23.0 Å². The van der Waals surface area contributed by atoms with Gasteiger partial charge in [0.25, 0.3) is 5.91 Å². The average Bonchev–Trinajstić information content (AvgIpc) is 2.86. The molecule has 1 aliphatic rings. The molecule has 0 bridgehead atoms. The number of likely N-dealkylation sites (tertiary alicyclic amines) is 1. The van der Waals surface area contributed by atoms with Crippen LogP contribution in [0.2, 0.25) is 0 Å². The Hall–Kier alpha value is -3.30. The van der Waals surface area contributed by atoms with Crippen LogP contribution in [0.15, 0.2) is 42.5 Å². The first kappa shape index (κ1) is 28.3. The van der Waals surface area contributed by atoms with E-state index in [0.717, 1.165) is 11.8 Å². The molecule has 1 N–H and O–H groups in total. The molecule has 200 valence electrons. The molecule has 1 heterocycles. The van der Waals surface area contributed by atoms with E-state index >= 15 is 0 Å².